The van der Waals surface area contributed by atoms with Gasteiger partial charge in [0.1, 0.15) is 12.4 Å². The molecule has 0 aromatic heterocycles. The maximum atomic E-state index is 13.0. The topological polar surface area (TPSA) is 61.9 Å². The SMILES string of the molecule is CN(C)CCN(CCOc1ccc(Cl)cc1)c1ccccc1NS(=O)(=O)c1ccc(Cl)cc1. The van der Waals surface area contributed by atoms with Crippen LogP contribution in [-0.4, -0.2) is 53.7 Å². The van der Waals surface area contributed by atoms with Gasteiger partial charge in [-0.1, -0.05) is 35.3 Å². The van der Waals surface area contributed by atoms with Crippen LogP contribution in [0.25, 0.3) is 0 Å². The number of para-hydroxylation sites is 2. The lowest BCUT2D eigenvalue weighted by atomic mass is 10.2. The quantitative estimate of drug-likeness (QED) is 0.384. The van der Waals surface area contributed by atoms with E-state index in [2.05, 4.69) is 14.5 Å². The minimum Gasteiger partial charge on any atom is -0.492 e. The van der Waals surface area contributed by atoms with Crippen LogP contribution in [0, 0.1) is 0 Å². The molecular weight excluding hydrogens is 481 g/mol. The zero-order valence-electron chi connectivity index (χ0n) is 18.5. The Kier molecular flexibility index (Phi) is 8.86. The Bertz CT molecular complexity index is 1140. The minimum absolute atomic E-state index is 0.146. The minimum atomic E-state index is -3.77. The second-order valence-corrected chi connectivity index (χ2v) is 10.2. The van der Waals surface area contributed by atoms with Gasteiger partial charge in [-0.3, -0.25) is 4.72 Å². The van der Waals surface area contributed by atoms with Crippen molar-refractivity contribution in [3.8, 4) is 5.75 Å². The van der Waals surface area contributed by atoms with E-state index in [1.54, 1.807) is 36.4 Å². The van der Waals surface area contributed by atoms with E-state index in [-0.39, 0.29) is 4.90 Å². The van der Waals surface area contributed by atoms with Crippen LogP contribution in [0.4, 0.5) is 11.4 Å². The van der Waals surface area contributed by atoms with E-state index in [9.17, 15) is 8.42 Å². The highest BCUT2D eigenvalue weighted by Crippen LogP contribution is 2.28. The van der Waals surface area contributed by atoms with Crippen LogP contribution < -0.4 is 14.4 Å². The predicted molar refractivity (Wildman–Crippen MR) is 136 cm³/mol. The second-order valence-electron chi connectivity index (χ2n) is 7.67. The zero-order chi connectivity index (χ0) is 23.8. The molecular formula is C24H27Cl2N3O3S. The molecule has 0 fully saturated rings. The van der Waals surface area contributed by atoms with Gasteiger partial charge in [-0.05, 0) is 74.8 Å². The number of hydrogen-bond donors (Lipinski definition) is 1. The highest BCUT2D eigenvalue weighted by molar-refractivity contribution is 7.92. The molecule has 3 rings (SSSR count). The van der Waals surface area contributed by atoms with Crippen molar-refractivity contribution in [2.45, 2.75) is 4.90 Å². The first-order valence-electron chi connectivity index (χ1n) is 10.4. The number of benzene rings is 3. The number of anilines is 2. The Morgan fingerprint density at radius 3 is 2.06 bits per heavy atom. The lowest BCUT2D eigenvalue weighted by molar-refractivity contribution is 0.320. The first-order chi connectivity index (χ1) is 15.7. The fourth-order valence-electron chi connectivity index (χ4n) is 3.13. The van der Waals surface area contributed by atoms with Gasteiger partial charge in [0.25, 0.3) is 10.0 Å². The third-order valence-electron chi connectivity index (χ3n) is 4.87. The molecule has 0 atom stereocenters. The van der Waals surface area contributed by atoms with Gasteiger partial charge in [0.2, 0.25) is 0 Å². The van der Waals surface area contributed by atoms with Crippen LogP contribution in [0.5, 0.6) is 5.75 Å². The van der Waals surface area contributed by atoms with Crippen molar-refractivity contribution in [1.29, 1.82) is 0 Å². The fourth-order valence-corrected chi connectivity index (χ4v) is 4.46. The van der Waals surface area contributed by atoms with Crippen molar-refractivity contribution < 1.29 is 13.2 Å². The number of likely N-dealkylation sites (N-methyl/N-ethyl adjacent to an activating group) is 1. The summed E-state index contributed by atoms with van der Waals surface area (Å²) in [5, 5.41) is 1.13. The second kappa shape index (κ2) is 11.6. The first kappa shape index (κ1) is 25.2. The van der Waals surface area contributed by atoms with Gasteiger partial charge in [-0.2, -0.15) is 0 Å². The summed E-state index contributed by atoms with van der Waals surface area (Å²) in [6, 6.07) is 20.6. The predicted octanol–water partition coefficient (Wildman–Crippen LogP) is 5.24. The molecule has 9 heteroatoms. The Morgan fingerprint density at radius 1 is 0.818 bits per heavy atom. The molecule has 0 heterocycles. The molecule has 33 heavy (non-hydrogen) atoms. The van der Waals surface area contributed by atoms with Gasteiger partial charge in [-0.15, -0.1) is 0 Å². The van der Waals surface area contributed by atoms with E-state index >= 15 is 0 Å². The Morgan fingerprint density at radius 2 is 1.42 bits per heavy atom. The highest BCUT2D eigenvalue weighted by atomic mass is 35.5. The highest BCUT2D eigenvalue weighted by Gasteiger charge is 2.18. The van der Waals surface area contributed by atoms with Crippen molar-refractivity contribution >= 4 is 44.6 Å². The summed E-state index contributed by atoms with van der Waals surface area (Å²) in [6.45, 7) is 2.47. The summed E-state index contributed by atoms with van der Waals surface area (Å²) in [5.41, 5.74) is 1.27. The van der Waals surface area contributed by atoms with E-state index in [1.807, 2.05) is 38.4 Å². The first-order valence-corrected chi connectivity index (χ1v) is 12.6. The standard InChI is InChI=1S/C24H27Cl2N3O3S/c1-28(2)15-16-29(17-18-32-21-11-7-19(25)8-12-21)24-6-4-3-5-23(24)27-33(30,31)22-13-9-20(26)10-14-22/h3-14,27H,15-18H2,1-2H3. The molecule has 0 unspecified atom stereocenters. The number of nitrogens with zero attached hydrogens (tertiary/aromatic N) is 2. The van der Waals surface area contributed by atoms with E-state index in [1.165, 1.54) is 12.1 Å². The molecule has 0 aliphatic carbocycles. The summed E-state index contributed by atoms with van der Waals surface area (Å²) in [5.74, 6) is 0.726. The molecule has 176 valence electrons. The van der Waals surface area contributed by atoms with Gasteiger partial charge < -0.3 is 14.5 Å². The number of rotatable bonds is 11. The molecule has 0 bridgehead atoms. The molecule has 3 aromatic rings. The molecule has 0 saturated carbocycles. The number of ether oxygens (including phenoxy) is 1. The Balaban J connectivity index is 1.79. The largest absolute Gasteiger partial charge is 0.492 e. The molecule has 0 spiro atoms. The van der Waals surface area contributed by atoms with Crippen LogP contribution in [-0.2, 0) is 10.0 Å². The van der Waals surface area contributed by atoms with Crippen LogP contribution in [0.2, 0.25) is 10.0 Å². The molecule has 0 saturated heterocycles. The summed E-state index contributed by atoms with van der Waals surface area (Å²) in [7, 11) is 0.221. The average Bonchev–Trinajstić information content (AvgIpc) is 2.78. The average molecular weight is 508 g/mol. The molecule has 0 aliphatic heterocycles. The van der Waals surface area contributed by atoms with E-state index in [0.717, 1.165) is 18.0 Å². The molecule has 0 amide bonds. The molecule has 0 radical (unpaired) electrons. The zero-order valence-corrected chi connectivity index (χ0v) is 20.9. The number of halogens is 2. The summed E-state index contributed by atoms with van der Waals surface area (Å²) >= 11 is 11.8. The Hall–Kier alpha value is -2.45. The number of sulfonamides is 1. The Labute approximate surface area is 205 Å². The summed E-state index contributed by atoms with van der Waals surface area (Å²) < 4.78 is 34.5. The van der Waals surface area contributed by atoms with Crippen LogP contribution in [0.3, 0.4) is 0 Å². The smallest absolute Gasteiger partial charge is 0.261 e. The number of hydrogen-bond acceptors (Lipinski definition) is 5. The summed E-state index contributed by atoms with van der Waals surface area (Å²) in [4.78, 5) is 4.33. The van der Waals surface area contributed by atoms with Crippen molar-refractivity contribution in [2.24, 2.45) is 0 Å². The van der Waals surface area contributed by atoms with Crippen LogP contribution >= 0.6 is 23.2 Å². The molecule has 1 N–H and O–H groups in total. The monoisotopic (exact) mass is 507 g/mol. The summed E-state index contributed by atoms with van der Waals surface area (Å²) in [6.07, 6.45) is 0. The van der Waals surface area contributed by atoms with Crippen molar-refractivity contribution in [3.05, 3.63) is 82.8 Å². The third kappa shape index (κ3) is 7.54. The maximum absolute atomic E-state index is 13.0. The molecule has 6 nitrogen and oxygen atoms in total. The van der Waals surface area contributed by atoms with Crippen molar-refractivity contribution in [2.75, 3.05) is 50.0 Å². The van der Waals surface area contributed by atoms with Crippen molar-refractivity contribution in [3.63, 3.8) is 0 Å². The van der Waals surface area contributed by atoms with Crippen LogP contribution in [0.1, 0.15) is 0 Å². The van der Waals surface area contributed by atoms with Gasteiger partial charge in [0.15, 0.2) is 0 Å². The maximum Gasteiger partial charge on any atom is 0.261 e. The third-order valence-corrected chi connectivity index (χ3v) is 6.76. The van der Waals surface area contributed by atoms with Gasteiger partial charge in [0, 0.05) is 23.1 Å². The fraction of sp³-hybridized carbons (Fsp3) is 0.250. The van der Waals surface area contributed by atoms with Crippen molar-refractivity contribution in [1.82, 2.24) is 4.90 Å². The lowest BCUT2D eigenvalue weighted by Gasteiger charge is -2.28. The normalized spacial score (nSPS) is 11.4. The van der Waals surface area contributed by atoms with Gasteiger partial charge >= 0.3 is 0 Å². The van der Waals surface area contributed by atoms with E-state index < -0.39 is 10.0 Å². The van der Waals surface area contributed by atoms with Gasteiger partial charge in [0.05, 0.1) is 22.8 Å². The van der Waals surface area contributed by atoms with Gasteiger partial charge in [-0.25, -0.2) is 8.42 Å². The lowest BCUT2D eigenvalue weighted by Crippen LogP contribution is -2.35. The number of nitrogens with one attached hydrogen (secondary N) is 1. The van der Waals surface area contributed by atoms with E-state index in [0.29, 0.717) is 35.4 Å². The van der Waals surface area contributed by atoms with Crippen LogP contribution in [0.15, 0.2) is 77.7 Å². The van der Waals surface area contributed by atoms with E-state index in [4.69, 9.17) is 27.9 Å². The molecule has 3 aromatic carbocycles. The molecule has 0 aliphatic rings.